The molecule has 0 aliphatic rings. The molecule has 28 heavy (non-hydrogen) atoms. The third kappa shape index (κ3) is 3.03. The lowest BCUT2D eigenvalue weighted by Crippen LogP contribution is -1.97. The van der Waals surface area contributed by atoms with E-state index in [1.807, 2.05) is 66.7 Å². The van der Waals surface area contributed by atoms with Crippen LogP contribution < -0.4 is 0 Å². The molecule has 1 aromatic heterocycles. The van der Waals surface area contributed by atoms with E-state index >= 15 is 0 Å². The quantitative estimate of drug-likeness (QED) is 0.353. The highest BCUT2D eigenvalue weighted by molar-refractivity contribution is 6.03. The van der Waals surface area contributed by atoms with E-state index in [0.29, 0.717) is 0 Å². The maximum Gasteiger partial charge on any atom is 0.121 e. The first-order valence-electron chi connectivity index (χ1n) is 9.10. The van der Waals surface area contributed by atoms with E-state index in [4.69, 9.17) is 5.10 Å². The summed E-state index contributed by atoms with van der Waals surface area (Å²) in [4.78, 5) is 1.66. The minimum absolute atomic E-state index is 0.784. The third-order valence-corrected chi connectivity index (χ3v) is 4.67. The number of hydrogen-bond acceptors (Lipinski definition) is 4. The molecule has 134 valence electrons. The van der Waals surface area contributed by atoms with Gasteiger partial charge < -0.3 is 0 Å². The van der Waals surface area contributed by atoms with Crippen molar-refractivity contribution in [3.63, 3.8) is 0 Å². The normalized spacial score (nSPS) is 11.6. The molecule has 0 bridgehead atoms. The van der Waals surface area contributed by atoms with Crippen molar-refractivity contribution in [2.75, 3.05) is 0 Å². The largest absolute Gasteiger partial charge is 0.151 e. The van der Waals surface area contributed by atoms with Crippen LogP contribution in [0.15, 0.2) is 95.2 Å². The SMILES string of the molecule is Cc1ccc(N=Nc2ccc(-n3nc4ccc5ccccc5c4n3)cc2)cc1. The highest BCUT2D eigenvalue weighted by Gasteiger charge is 2.08. The van der Waals surface area contributed by atoms with E-state index in [0.717, 1.165) is 38.9 Å². The molecule has 4 aromatic carbocycles. The highest BCUT2D eigenvalue weighted by Crippen LogP contribution is 2.24. The van der Waals surface area contributed by atoms with Gasteiger partial charge >= 0.3 is 0 Å². The number of aromatic nitrogens is 3. The summed E-state index contributed by atoms with van der Waals surface area (Å²) in [6, 6.07) is 28.0. The van der Waals surface area contributed by atoms with E-state index in [-0.39, 0.29) is 0 Å². The van der Waals surface area contributed by atoms with Crippen molar-refractivity contribution in [3.8, 4) is 5.69 Å². The van der Waals surface area contributed by atoms with Crippen LogP contribution >= 0.6 is 0 Å². The van der Waals surface area contributed by atoms with Crippen LogP contribution in [0.2, 0.25) is 0 Å². The number of rotatable bonds is 3. The molecule has 5 aromatic rings. The Kier molecular flexibility index (Phi) is 3.91. The second-order valence-electron chi connectivity index (χ2n) is 6.70. The van der Waals surface area contributed by atoms with Crippen LogP contribution in [0.4, 0.5) is 11.4 Å². The molecule has 0 atom stereocenters. The summed E-state index contributed by atoms with van der Waals surface area (Å²) in [5, 5.41) is 20.2. The fraction of sp³-hybridized carbons (Fsp3) is 0.0435. The highest BCUT2D eigenvalue weighted by atomic mass is 15.5. The van der Waals surface area contributed by atoms with Crippen LogP contribution in [-0.2, 0) is 0 Å². The maximum absolute atomic E-state index is 4.69. The van der Waals surface area contributed by atoms with Gasteiger partial charge in [-0.25, -0.2) is 0 Å². The standard InChI is InChI=1S/C23H17N5/c1-16-6-9-18(10-7-16)24-25-19-11-13-20(14-12-19)28-26-22-15-8-17-4-2-3-5-21(17)23(22)27-28/h2-15H,1H3. The van der Waals surface area contributed by atoms with Gasteiger partial charge in [-0.2, -0.15) is 15.0 Å². The van der Waals surface area contributed by atoms with Gasteiger partial charge in [0.05, 0.1) is 17.1 Å². The zero-order valence-electron chi connectivity index (χ0n) is 15.3. The molecule has 0 N–H and O–H groups in total. The lowest BCUT2D eigenvalue weighted by atomic mass is 10.1. The summed E-state index contributed by atoms with van der Waals surface area (Å²) in [5.74, 6) is 0. The summed E-state index contributed by atoms with van der Waals surface area (Å²) in [7, 11) is 0. The van der Waals surface area contributed by atoms with Gasteiger partial charge in [-0.05, 0) is 54.8 Å². The van der Waals surface area contributed by atoms with Crippen LogP contribution in [0, 0.1) is 6.92 Å². The molecule has 0 spiro atoms. The molecule has 5 nitrogen and oxygen atoms in total. The van der Waals surface area contributed by atoms with E-state index in [1.165, 1.54) is 5.56 Å². The first-order chi connectivity index (χ1) is 13.8. The van der Waals surface area contributed by atoms with Gasteiger partial charge in [0.1, 0.15) is 11.0 Å². The summed E-state index contributed by atoms with van der Waals surface area (Å²) >= 11 is 0. The maximum atomic E-state index is 4.69. The summed E-state index contributed by atoms with van der Waals surface area (Å²) in [5.41, 5.74) is 5.49. The summed E-state index contributed by atoms with van der Waals surface area (Å²) < 4.78 is 0. The van der Waals surface area contributed by atoms with Crippen LogP contribution in [0.25, 0.3) is 27.5 Å². The van der Waals surface area contributed by atoms with Crippen LogP contribution in [-0.4, -0.2) is 15.0 Å². The van der Waals surface area contributed by atoms with E-state index in [2.05, 4.69) is 40.5 Å². The molecular weight excluding hydrogens is 346 g/mol. The number of hydrogen-bond donors (Lipinski definition) is 0. The lowest BCUT2D eigenvalue weighted by molar-refractivity contribution is 0.766. The molecule has 5 rings (SSSR count). The Labute approximate surface area is 162 Å². The minimum Gasteiger partial charge on any atom is -0.151 e. The Hall–Kier alpha value is -3.86. The topological polar surface area (TPSA) is 55.4 Å². The Balaban J connectivity index is 1.45. The molecule has 5 heteroatoms. The number of fused-ring (bicyclic) bond motifs is 3. The Bertz CT molecular complexity index is 1300. The molecule has 0 saturated heterocycles. The average Bonchev–Trinajstić information content (AvgIpc) is 3.19. The Morgan fingerprint density at radius 3 is 2.11 bits per heavy atom. The molecular formula is C23H17N5. The first-order valence-corrected chi connectivity index (χ1v) is 9.10. The summed E-state index contributed by atoms with van der Waals surface area (Å²) in [6.45, 7) is 2.05. The van der Waals surface area contributed by atoms with Gasteiger partial charge in [0.15, 0.2) is 0 Å². The molecule has 0 amide bonds. The van der Waals surface area contributed by atoms with Gasteiger partial charge in [0, 0.05) is 5.39 Å². The van der Waals surface area contributed by atoms with Crippen molar-refractivity contribution >= 4 is 33.2 Å². The molecule has 0 fully saturated rings. The monoisotopic (exact) mass is 363 g/mol. The van der Waals surface area contributed by atoms with Crippen molar-refractivity contribution in [2.45, 2.75) is 6.92 Å². The Morgan fingerprint density at radius 1 is 0.679 bits per heavy atom. The van der Waals surface area contributed by atoms with Gasteiger partial charge in [-0.1, -0.05) is 48.0 Å². The molecule has 0 radical (unpaired) electrons. The van der Waals surface area contributed by atoms with Gasteiger partial charge in [0.2, 0.25) is 0 Å². The molecule has 0 saturated carbocycles. The van der Waals surface area contributed by atoms with Gasteiger partial charge in [-0.3, -0.25) is 0 Å². The zero-order chi connectivity index (χ0) is 18.9. The second kappa shape index (κ2) is 6.70. The second-order valence-corrected chi connectivity index (χ2v) is 6.70. The number of nitrogens with zero attached hydrogens (tertiary/aromatic N) is 5. The number of benzene rings is 4. The summed E-state index contributed by atoms with van der Waals surface area (Å²) in [6.07, 6.45) is 0. The van der Waals surface area contributed by atoms with E-state index in [9.17, 15) is 0 Å². The van der Waals surface area contributed by atoms with Crippen molar-refractivity contribution in [1.29, 1.82) is 0 Å². The van der Waals surface area contributed by atoms with Crippen LogP contribution in [0.3, 0.4) is 0 Å². The van der Waals surface area contributed by atoms with Gasteiger partial charge in [-0.15, -0.1) is 10.2 Å². The van der Waals surface area contributed by atoms with Crippen molar-refractivity contribution in [3.05, 3.63) is 90.5 Å². The minimum atomic E-state index is 0.784. The number of aryl methyl sites for hydroxylation is 1. The molecule has 1 heterocycles. The van der Waals surface area contributed by atoms with Crippen molar-refractivity contribution in [1.82, 2.24) is 15.0 Å². The average molecular weight is 363 g/mol. The predicted molar refractivity (Wildman–Crippen MR) is 112 cm³/mol. The number of azo groups is 1. The lowest BCUT2D eigenvalue weighted by Gasteiger charge is -1.99. The molecule has 0 unspecified atom stereocenters. The molecule has 0 aliphatic heterocycles. The van der Waals surface area contributed by atoms with E-state index in [1.54, 1.807) is 4.80 Å². The van der Waals surface area contributed by atoms with Crippen LogP contribution in [0.5, 0.6) is 0 Å². The first kappa shape index (κ1) is 16.3. The predicted octanol–water partition coefficient (Wildman–Crippen LogP) is 6.30. The smallest absolute Gasteiger partial charge is 0.121 e. The van der Waals surface area contributed by atoms with Crippen molar-refractivity contribution in [2.24, 2.45) is 10.2 Å². The van der Waals surface area contributed by atoms with Crippen LogP contribution in [0.1, 0.15) is 5.56 Å². The zero-order valence-corrected chi connectivity index (χ0v) is 15.3. The fourth-order valence-electron chi connectivity index (χ4n) is 3.14. The fourth-order valence-corrected chi connectivity index (χ4v) is 3.14. The Morgan fingerprint density at radius 2 is 1.36 bits per heavy atom. The van der Waals surface area contributed by atoms with Crippen molar-refractivity contribution < 1.29 is 0 Å². The third-order valence-electron chi connectivity index (χ3n) is 4.67. The molecule has 0 aliphatic carbocycles. The van der Waals surface area contributed by atoms with E-state index < -0.39 is 0 Å². The van der Waals surface area contributed by atoms with Gasteiger partial charge in [0.25, 0.3) is 0 Å².